The summed E-state index contributed by atoms with van der Waals surface area (Å²) < 4.78 is 92.8. The van der Waals surface area contributed by atoms with Gasteiger partial charge in [0.15, 0.2) is 0 Å². The van der Waals surface area contributed by atoms with E-state index in [-0.39, 0.29) is 59.0 Å². The Bertz CT molecular complexity index is 835. The van der Waals surface area contributed by atoms with Gasteiger partial charge < -0.3 is 13.7 Å². The van der Waals surface area contributed by atoms with Crippen LogP contribution in [-0.4, -0.2) is 56.2 Å². The fraction of sp³-hybridized carbons (Fsp3) is 1.00. The normalized spacial score (nSPS) is 11.6. The Labute approximate surface area is 338 Å². The largest absolute Gasteiger partial charge is 3.00 e. The van der Waals surface area contributed by atoms with E-state index >= 15 is 0 Å². The van der Waals surface area contributed by atoms with Crippen molar-refractivity contribution in [2.24, 2.45) is 0 Å². The third-order valence-electron chi connectivity index (χ3n) is 8.24. The number of hydrogen-bond donors (Lipinski definition) is 0. The fourth-order valence-corrected chi connectivity index (χ4v) is 6.97. The van der Waals surface area contributed by atoms with Gasteiger partial charge in [-0.05, 0) is 19.3 Å². The zero-order chi connectivity index (χ0) is 36.8. The third kappa shape index (κ3) is 67.7. The van der Waals surface area contributed by atoms with E-state index in [1.54, 1.807) is 0 Å². The summed E-state index contributed by atoms with van der Waals surface area (Å²) in [5, 5.41) is 0. The molecule has 0 aromatic heterocycles. The fourth-order valence-electron chi connectivity index (χ4n) is 5.30. The van der Waals surface area contributed by atoms with Crippen LogP contribution in [0.15, 0.2) is 0 Å². The average Bonchev–Trinajstić information content (AvgIpc) is 2.99. The van der Waals surface area contributed by atoms with Crippen LogP contribution in [-0.2, 0) is 30.4 Å². The van der Waals surface area contributed by atoms with Crippen LogP contribution < -0.4 is 0 Å². The maximum Gasteiger partial charge on any atom is 3.00 e. The quantitative estimate of drug-likeness (QED) is 0.0459. The molecule has 0 heterocycles. The Morgan fingerprint density at radius 3 is 0.510 bits per heavy atom. The van der Waals surface area contributed by atoms with E-state index < -0.39 is 30.4 Å². The van der Waals surface area contributed by atoms with Crippen molar-refractivity contribution in [2.75, 3.05) is 17.3 Å². The molecular weight excluding hydrogens is 813 g/mol. The van der Waals surface area contributed by atoms with Crippen molar-refractivity contribution >= 4 is 30.4 Å². The van der Waals surface area contributed by atoms with Crippen LogP contribution in [0, 0.1) is 41.7 Å². The number of hydrogen-bond acceptors (Lipinski definition) is 9. The van der Waals surface area contributed by atoms with Crippen LogP contribution in [0.5, 0.6) is 0 Å². The Balaban J connectivity index is -0.000000307. The second-order valence-electron chi connectivity index (χ2n) is 13.3. The molecule has 0 spiro atoms. The molecule has 0 amide bonds. The molecule has 0 aromatic rings. The minimum Gasteiger partial charge on any atom is -0.748 e. The van der Waals surface area contributed by atoms with Crippen LogP contribution in [0.2, 0.25) is 0 Å². The molecule has 0 aliphatic rings. The van der Waals surface area contributed by atoms with E-state index in [2.05, 4.69) is 20.8 Å². The Morgan fingerprint density at radius 1 is 0.265 bits per heavy atom. The molecule has 0 atom stereocenters. The van der Waals surface area contributed by atoms with Gasteiger partial charge in [0.2, 0.25) is 0 Å². The van der Waals surface area contributed by atoms with Gasteiger partial charge in [-0.1, -0.05) is 194 Å². The molecule has 0 N–H and O–H groups in total. The first-order valence-corrected chi connectivity index (χ1v) is 24.2. The molecule has 0 aliphatic carbocycles. The van der Waals surface area contributed by atoms with Crippen LogP contribution in [0.3, 0.4) is 0 Å². The first-order valence-electron chi connectivity index (χ1n) is 19.5. The molecule has 0 saturated carbocycles. The molecule has 49 heavy (non-hydrogen) atoms. The Morgan fingerprint density at radius 2 is 0.388 bits per heavy atom. The van der Waals surface area contributed by atoms with Crippen LogP contribution >= 0.6 is 0 Å². The van der Waals surface area contributed by atoms with Gasteiger partial charge in [-0.25, -0.2) is 25.3 Å². The molecular formula is C36H75CeO9S3. The molecule has 0 aliphatic heterocycles. The summed E-state index contributed by atoms with van der Waals surface area (Å²) in [4.78, 5) is 0. The van der Waals surface area contributed by atoms with E-state index in [1.807, 2.05) is 0 Å². The molecule has 13 heteroatoms. The molecule has 1 radical (unpaired) electrons. The SMILES string of the molecule is CCCCCCCCCCCCS(=O)(=O)[O-].CCCCCCCCCCCCS(=O)(=O)[O-].CCCCCCCCCCCCS(=O)(=O)[O-].[Ce+3]. The van der Waals surface area contributed by atoms with Crippen molar-refractivity contribution in [2.45, 2.75) is 213 Å². The van der Waals surface area contributed by atoms with Crippen molar-refractivity contribution in [3.63, 3.8) is 0 Å². The van der Waals surface area contributed by atoms with E-state index in [4.69, 9.17) is 0 Å². The van der Waals surface area contributed by atoms with Crippen molar-refractivity contribution in [3.05, 3.63) is 0 Å². The number of rotatable bonds is 33. The summed E-state index contributed by atoms with van der Waals surface area (Å²) in [5.74, 6) is -0.573. The minimum absolute atomic E-state index is 0. The second kappa shape index (κ2) is 41.9. The van der Waals surface area contributed by atoms with Crippen LogP contribution in [0.1, 0.15) is 213 Å². The Hall–Kier alpha value is 1.11. The summed E-state index contributed by atoms with van der Waals surface area (Å²) in [6, 6.07) is 0. The predicted octanol–water partition coefficient (Wildman–Crippen LogP) is 10.4. The molecule has 0 fully saturated rings. The zero-order valence-electron chi connectivity index (χ0n) is 31.7. The Kier molecular flexibility index (Phi) is 48.6. The maximum absolute atomic E-state index is 10.3. The van der Waals surface area contributed by atoms with Crippen molar-refractivity contribution in [1.82, 2.24) is 0 Å². The van der Waals surface area contributed by atoms with Crippen LogP contribution in [0.25, 0.3) is 0 Å². The molecule has 295 valence electrons. The second-order valence-corrected chi connectivity index (χ2v) is 17.9. The summed E-state index contributed by atoms with van der Waals surface area (Å²) in [7, 11) is -11.9. The third-order valence-corrected chi connectivity index (χ3v) is 10.6. The van der Waals surface area contributed by atoms with Gasteiger partial charge in [0, 0.05) is 17.3 Å². The summed E-state index contributed by atoms with van der Waals surface area (Å²) in [6.45, 7) is 6.64. The standard InChI is InChI=1S/3C12H26O3S.Ce/c3*1-2-3-4-5-6-7-8-9-10-11-12-16(13,14)15;/h3*2-12H2,1H3,(H,13,14,15);/q;;;+3/p-3. The minimum atomic E-state index is -3.98. The van der Waals surface area contributed by atoms with Gasteiger partial charge in [0.1, 0.15) is 0 Å². The molecule has 9 nitrogen and oxygen atoms in total. The molecule has 0 saturated heterocycles. The van der Waals surface area contributed by atoms with Gasteiger partial charge in [0.05, 0.1) is 30.4 Å². The predicted molar refractivity (Wildman–Crippen MR) is 199 cm³/mol. The van der Waals surface area contributed by atoms with Crippen molar-refractivity contribution < 1.29 is 80.7 Å². The van der Waals surface area contributed by atoms with Gasteiger partial charge in [-0.3, -0.25) is 0 Å². The summed E-state index contributed by atoms with van der Waals surface area (Å²) in [5.41, 5.74) is 0. The number of unbranched alkanes of at least 4 members (excludes halogenated alkanes) is 27. The van der Waals surface area contributed by atoms with E-state index in [9.17, 15) is 38.9 Å². The van der Waals surface area contributed by atoms with Gasteiger partial charge in [-0.15, -0.1) is 0 Å². The van der Waals surface area contributed by atoms with Crippen molar-refractivity contribution in [1.29, 1.82) is 0 Å². The zero-order valence-corrected chi connectivity index (χ0v) is 37.3. The van der Waals surface area contributed by atoms with E-state index in [1.165, 1.54) is 135 Å². The molecule has 0 aromatic carbocycles. The monoisotopic (exact) mass is 887 g/mol. The topological polar surface area (TPSA) is 172 Å². The van der Waals surface area contributed by atoms with E-state index in [0.29, 0.717) is 19.3 Å². The van der Waals surface area contributed by atoms with Gasteiger partial charge in [0.25, 0.3) is 0 Å². The van der Waals surface area contributed by atoms with Crippen molar-refractivity contribution in [3.8, 4) is 0 Å². The summed E-state index contributed by atoms with van der Waals surface area (Å²) in [6.07, 6.45) is 34.3. The molecule has 0 unspecified atom stereocenters. The first kappa shape index (κ1) is 56.8. The summed E-state index contributed by atoms with van der Waals surface area (Å²) >= 11 is 0. The van der Waals surface area contributed by atoms with Crippen LogP contribution in [0.4, 0.5) is 0 Å². The van der Waals surface area contributed by atoms with Gasteiger partial charge >= 0.3 is 41.7 Å². The average molecular weight is 888 g/mol. The van der Waals surface area contributed by atoms with Gasteiger partial charge in [-0.2, -0.15) is 0 Å². The molecule has 0 rings (SSSR count). The maximum atomic E-state index is 10.3. The first-order chi connectivity index (χ1) is 22.7. The van der Waals surface area contributed by atoms with E-state index in [0.717, 1.165) is 38.5 Å². The molecule has 0 bridgehead atoms. The smallest absolute Gasteiger partial charge is 0.748 e.